The molecule has 1 heterocycles. The largest absolute Gasteiger partial charge is 0.458 e. The fourth-order valence-electron chi connectivity index (χ4n) is 2.64. The molecule has 0 spiro atoms. The molecule has 1 saturated carbocycles. The van der Waals surface area contributed by atoms with E-state index in [1.165, 1.54) is 13.3 Å². The van der Waals surface area contributed by atoms with Crippen LogP contribution in [-0.2, 0) is 19.1 Å². The fraction of sp³-hybridized carbons (Fsp3) is 0.692. The first-order valence-electron chi connectivity index (χ1n) is 6.23. The number of esters is 2. The van der Waals surface area contributed by atoms with Crippen LogP contribution < -0.4 is 0 Å². The highest BCUT2D eigenvalue weighted by Crippen LogP contribution is 2.32. The molecule has 1 unspecified atom stereocenters. The van der Waals surface area contributed by atoms with Gasteiger partial charge >= 0.3 is 11.9 Å². The Morgan fingerprint density at radius 2 is 2.12 bits per heavy atom. The summed E-state index contributed by atoms with van der Waals surface area (Å²) in [6.07, 6.45) is 6.89. The van der Waals surface area contributed by atoms with Crippen molar-refractivity contribution in [2.75, 3.05) is 6.61 Å². The van der Waals surface area contributed by atoms with Gasteiger partial charge in [0.15, 0.2) is 0 Å². The van der Waals surface area contributed by atoms with Crippen LogP contribution in [0.15, 0.2) is 11.6 Å². The molecule has 4 heteroatoms. The van der Waals surface area contributed by atoms with Crippen molar-refractivity contribution in [1.29, 1.82) is 0 Å². The van der Waals surface area contributed by atoms with Gasteiger partial charge in [-0.3, -0.25) is 4.79 Å². The van der Waals surface area contributed by atoms with Gasteiger partial charge in [0, 0.05) is 12.8 Å². The number of hydrogen-bond donors (Lipinski definition) is 0. The highest BCUT2D eigenvalue weighted by Gasteiger charge is 2.35. The first-order valence-corrected chi connectivity index (χ1v) is 6.23. The van der Waals surface area contributed by atoms with Gasteiger partial charge < -0.3 is 9.47 Å². The molecular formula is C13H18O4. The van der Waals surface area contributed by atoms with Crippen LogP contribution in [0.5, 0.6) is 0 Å². The molecule has 1 aliphatic carbocycles. The molecule has 2 rings (SSSR count). The Morgan fingerprint density at radius 3 is 2.65 bits per heavy atom. The van der Waals surface area contributed by atoms with Crippen LogP contribution in [0, 0.1) is 5.92 Å². The van der Waals surface area contributed by atoms with E-state index in [1.807, 2.05) is 0 Å². The van der Waals surface area contributed by atoms with Crippen molar-refractivity contribution in [2.45, 2.75) is 45.1 Å². The fourth-order valence-corrected chi connectivity index (χ4v) is 2.64. The monoisotopic (exact) mass is 238 g/mol. The van der Waals surface area contributed by atoms with Crippen molar-refractivity contribution >= 4 is 11.9 Å². The molecule has 0 saturated heterocycles. The summed E-state index contributed by atoms with van der Waals surface area (Å²) < 4.78 is 10.2. The number of hydrogen-bond acceptors (Lipinski definition) is 4. The van der Waals surface area contributed by atoms with E-state index < -0.39 is 6.10 Å². The average Bonchev–Trinajstić information content (AvgIpc) is 2.73. The lowest BCUT2D eigenvalue weighted by Crippen LogP contribution is -2.32. The normalized spacial score (nSPS) is 22.9. The third-order valence-corrected chi connectivity index (χ3v) is 3.43. The average molecular weight is 238 g/mol. The molecule has 1 atom stereocenters. The standard InChI is InChI=1S/C13H18O4/c1-9(14)17-12(10-5-3-2-4-6-10)11-7-8-16-13(11)15/h7,10,12H,2-6,8H2,1H3. The minimum Gasteiger partial charge on any atom is -0.458 e. The maximum Gasteiger partial charge on any atom is 0.337 e. The Balaban J connectivity index is 2.11. The smallest absolute Gasteiger partial charge is 0.337 e. The highest BCUT2D eigenvalue weighted by molar-refractivity contribution is 5.92. The van der Waals surface area contributed by atoms with Crippen LogP contribution in [0.4, 0.5) is 0 Å². The van der Waals surface area contributed by atoms with Gasteiger partial charge in [-0.15, -0.1) is 0 Å². The number of cyclic esters (lactones) is 1. The van der Waals surface area contributed by atoms with Crippen LogP contribution in [0.25, 0.3) is 0 Å². The third-order valence-electron chi connectivity index (χ3n) is 3.43. The summed E-state index contributed by atoms with van der Waals surface area (Å²) in [4.78, 5) is 22.7. The zero-order valence-corrected chi connectivity index (χ0v) is 10.1. The van der Waals surface area contributed by atoms with Crippen molar-refractivity contribution in [3.63, 3.8) is 0 Å². The molecule has 0 aromatic rings. The molecule has 94 valence electrons. The third kappa shape index (κ3) is 2.87. The van der Waals surface area contributed by atoms with Crippen molar-refractivity contribution in [2.24, 2.45) is 5.92 Å². The molecule has 0 N–H and O–H groups in total. The minimum absolute atomic E-state index is 0.268. The first kappa shape index (κ1) is 12.1. The Labute approximate surface area is 101 Å². The number of carbonyl (C=O) groups excluding carboxylic acids is 2. The lowest BCUT2D eigenvalue weighted by atomic mass is 9.82. The van der Waals surface area contributed by atoms with Crippen molar-refractivity contribution in [1.82, 2.24) is 0 Å². The molecule has 1 aliphatic heterocycles. The summed E-state index contributed by atoms with van der Waals surface area (Å²) in [5, 5.41) is 0. The van der Waals surface area contributed by atoms with E-state index in [1.54, 1.807) is 6.08 Å². The Morgan fingerprint density at radius 1 is 1.41 bits per heavy atom. The lowest BCUT2D eigenvalue weighted by molar-refractivity contribution is -0.149. The van der Waals surface area contributed by atoms with Gasteiger partial charge in [0.1, 0.15) is 12.7 Å². The Hall–Kier alpha value is -1.32. The van der Waals surface area contributed by atoms with E-state index in [4.69, 9.17) is 9.47 Å². The molecule has 0 aromatic heterocycles. The molecule has 0 aromatic carbocycles. The van der Waals surface area contributed by atoms with Gasteiger partial charge in [-0.05, 0) is 18.9 Å². The summed E-state index contributed by atoms with van der Waals surface area (Å²) in [5.41, 5.74) is 0.534. The highest BCUT2D eigenvalue weighted by atomic mass is 16.6. The van der Waals surface area contributed by atoms with Crippen LogP contribution in [-0.4, -0.2) is 24.6 Å². The predicted molar refractivity (Wildman–Crippen MR) is 61.2 cm³/mol. The van der Waals surface area contributed by atoms with E-state index in [0.29, 0.717) is 12.2 Å². The second-order valence-corrected chi connectivity index (χ2v) is 4.69. The van der Waals surface area contributed by atoms with E-state index in [2.05, 4.69) is 0 Å². The molecule has 1 fully saturated rings. The maximum absolute atomic E-state index is 11.6. The number of rotatable bonds is 3. The van der Waals surface area contributed by atoms with E-state index >= 15 is 0 Å². The molecule has 0 bridgehead atoms. The van der Waals surface area contributed by atoms with E-state index in [-0.39, 0.29) is 17.9 Å². The molecule has 17 heavy (non-hydrogen) atoms. The zero-order valence-electron chi connectivity index (χ0n) is 10.1. The predicted octanol–water partition coefficient (Wildman–Crippen LogP) is 1.98. The molecule has 2 aliphatic rings. The lowest BCUT2D eigenvalue weighted by Gasteiger charge is -2.29. The number of ether oxygens (including phenoxy) is 2. The van der Waals surface area contributed by atoms with Gasteiger partial charge in [-0.25, -0.2) is 4.79 Å². The summed E-state index contributed by atoms with van der Waals surface area (Å²) in [6, 6.07) is 0. The van der Waals surface area contributed by atoms with Gasteiger partial charge in [-0.1, -0.05) is 19.3 Å². The molecular weight excluding hydrogens is 220 g/mol. The van der Waals surface area contributed by atoms with Crippen LogP contribution in [0.2, 0.25) is 0 Å². The molecule has 0 amide bonds. The van der Waals surface area contributed by atoms with E-state index in [9.17, 15) is 9.59 Å². The number of carbonyl (C=O) groups is 2. The SMILES string of the molecule is CC(=O)OC(C1=CCOC1=O)C1CCCCC1. The summed E-state index contributed by atoms with van der Waals surface area (Å²) in [7, 11) is 0. The van der Waals surface area contributed by atoms with Crippen molar-refractivity contribution in [3.05, 3.63) is 11.6 Å². The quantitative estimate of drug-likeness (QED) is 0.705. The molecule has 0 radical (unpaired) electrons. The maximum atomic E-state index is 11.6. The first-order chi connectivity index (χ1) is 8.18. The minimum atomic E-state index is -0.400. The Bertz CT molecular complexity index is 339. The van der Waals surface area contributed by atoms with Gasteiger partial charge in [0.05, 0.1) is 5.57 Å². The Kier molecular flexibility index (Phi) is 3.82. The second-order valence-electron chi connectivity index (χ2n) is 4.69. The van der Waals surface area contributed by atoms with Gasteiger partial charge in [0.2, 0.25) is 0 Å². The summed E-state index contributed by atoms with van der Waals surface area (Å²) in [6.45, 7) is 1.69. The van der Waals surface area contributed by atoms with E-state index in [0.717, 1.165) is 25.7 Å². The summed E-state index contributed by atoms with van der Waals surface area (Å²) >= 11 is 0. The van der Waals surface area contributed by atoms with Crippen LogP contribution in [0.3, 0.4) is 0 Å². The van der Waals surface area contributed by atoms with Crippen molar-refractivity contribution in [3.8, 4) is 0 Å². The second kappa shape index (κ2) is 5.34. The van der Waals surface area contributed by atoms with Gasteiger partial charge in [0.25, 0.3) is 0 Å². The molecule has 4 nitrogen and oxygen atoms in total. The summed E-state index contributed by atoms with van der Waals surface area (Å²) in [5.74, 6) is -0.396. The van der Waals surface area contributed by atoms with Crippen LogP contribution in [0.1, 0.15) is 39.0 Å². The van der Waals surface area contributed by atoms with Crippen LogP contribution >= 0.6 is 0 Å². The topological polar surface area (TPSA) is 52.6 Å². The van der Waals surface area contributed by atoms with Gasteiger partial charge in [-0.2, -0.15) is 0 Å². The van der Waals surface area contributed by atoms with Crippen molar-refractivity contribution < 1.29 is 19.1 Å². The zero-order chi connectivity index (χ0) is 12.3.